The van der Waals surface area contributed by atoms with Crippen LogP contribution in [-0.4, -0.2) is 17.0 Å². The predicted molar refractivity (Wildman–Crippen MR) is 78.5 cm³/mol. The maximum absolute atomic E-state index is 4.75. The van der Waals surface area contributed by atoms with E-state index in [2.05, 4.69) is 42.3 Å². The molecular formula is C16H19N3. The van der Waals surface area contributed by atoms with Crippen molar-refractivity contribution < 1.29 is 0 Å². The lowest BCUT2D eigenvalue weighted by Gasteiger charge is -2.10. The van der Waals surface area contributed by atoms with Gasteiger partial charge in [-0.15, -0.1) is 0 Å². The zero-order valence-corrected chi connectivity index (χ0v) is 11.7. The summed E-state index contributed by atoms with van der Waals surface area (Å²) < 4.78 is 0. The van der Waals surface area contributed by atoms with Crippen LogP contribution < -0.4 is 5.32 Å². The molecule has 0 radical (unpaired) electrons. The zero-order chi connectivity index (χ0) is 13.4. The second-order valence-electron chi connectivity index (χ2n) is 5.34. The molecule has 0 bridgehead atoms. The van der Waals surface area contributed by atoms with Gasteiger partial charge in [0.1, 0.15) is 11.6 Å². The van der Waals surface area contributed by atoms with E-state index in [1.54, 1.807) is 0 Å². The highest BCUT2D eigenvalue weighted by molar-refractivity contribution is 5.66. The molecule has 1 N–H and O–H groups in total. The Labute approximate surface area is 114 Å². The van der Waals surface area contributed by atoms with Crippen molar-refractivity contribution in [3.05, 3.63) is 41.2 Å². The highest BCUT2D eigenvalue weighted by Gasteiger charge is 2.27. The maximum Gasteiger partial charge on any atom is 0.134 e. The van der Waals surface area contributed by atoms with Crippen LogP contribution in [0.3, 0.4) is 0 Å². The van der Waals surface area contributed by atoms with E-state index in [1.807, 2.05) is 13.1 Å². The first-order valence-corrected chi connectivity index (χ1v) is 6.81. The Balaban J connectivity index is 2.10. The van der Waals surface area contributed by atoms with Crippen LogP contribution in [-0.2, 0) is 0 Å². The molecule has 98 valence electrons. The minimum atomic E-state index is 0.567. The lowest BCUT2D eigenvalue weighted by atomic mass is 10.0. The number of nitrogens with zero attached hydrogens (tertiary/aromatic N) is 2. The molecule has 0 unspecified atom stereocenters. The van der Waals surface area contributed by atoms with Gasteiger partial charge in [0.2, 0.25) is 0 Å². The third kappa shape index (κ3) is 2.46. The van der Waals surface area contributed by atoms with E-state index >= 15 is 0 Å². The fraction of sp³-hybridized carbons (Fsp3) is 0.375. The molecule has 1 fully saturated rings. The third-order valence-electron chi connectivity index (χ3n) is 3.60. The number of anilines is 1. The number of aromatic nitrogens is 2. The number of hydrogen-bond acceptors (Lipinski definition) is 3. The van der Waals surface area contributed by atoms with Crippen molar-refractivity contribution >= 4 is 5.82 Å². The summed E-state index contributed by atoms with van der Waals surface area (Å²) in [4.78, 5) is 9.32. The van der Waals surface area contributed by atoms with Crippen molar-refractivity contribution in [1.29, 1.82) is 0 Å². The largest absolute Gasteiger partial charge is 0.373 e. The second kappa shape index (κ2) is 4.65. The average Bonchev–Trinajstić information content (AvgIpc) is 3.22. The van der Waals surface area contributed by atoms with Crippen LogP contribution in [0, 0.1) is 13.8 Å². The molecule has 1 aromatic carbocycles. The molecule has 3 nitrogen and oxygen atoms in total. The van der Waals surface area contributed by atoms with Gasteiger partial charge in [0.15, 0.2) is 0 Å². The minimum Gasteiger partial charge on any atom is -0.373 e. The van der Waals surface area contributed by atoms with E-state index in [0.717, 1.165) is 17.3 Å². The monoisotopic (exact) mass is 253 g/mol. The van der Waals surface area contributed by atoms with E-state index < -0.39 is 0 Å². The van der Waals surface area contributed by atoms with Crippen LogP contribution in [0.4, 0.5) is 5.82 Å². The van der Waals surface area contributed by atoms with Gasteiger partial charge < -0.3 is 5.32 Å². The van der Waals surface area contributed by atoms with Crippen LogP contribution in [0.2, 0.25) is 0 Å². The number of benzene rings is 1. The minimum absolute atomic E-state index is 0.567. The normalized spacial score (nSPS) is 14.5. The number of aryl methyl sites for hydroxylation is 2. The summed E-state index contributed by atoms with van der Waals surface area (Å²) in [7, 11) is 1.91. The maximum atomic E-state index is 4.75. The molecule has 0 aliphatic heterocycles. The summed E-state index contributed by atoms with van der Waals surface area (Å²) in [6, 6.07) is 8.53. The van der Waals surface area contributed by atoms with E-state index in [4.69, 9.17) is 4.98 Å². The van der Waals surface area contributed by atoms with Crippen LogP contribution in [0.15, 0.2) is 24.3 Å². The quantitative estimate of drug-likeness (QED) is 0.906. The zero-order valence-electron chi connectivity index (χ0n) is 11.7. The summed E-state index contributed by atoms with van der Waals surface area (Å²) in [6.45, 7) is 4.26. The van der Waals surface area contributed by atoms with Gasteiger partial charge in [0.05, 0.1) is 5.69 Å². The highest BCUT2D eigenvalue weighted by Crippen LogP contribution is 2.39. The average molecular weight is 253 g/mol. The Morgan fingerprint density at radius 3 is 2.53 bits per heavy atom. The second-order valence-corrected chi connectivity index (χ2v) is 5.34. The van der Waals surface area contributed by atoms with E-state index in [0.29, 0.717) is 5.92 Å². The first kappa shape index (κ1) is 12.2. The molecule has 0 amide bonds. The van der Waals surface area contributed by atoms with Crippen molar-refractivity contribution in [2.24, 2.45) is 0 Å². The van der Waals surface area contributed by atoms with Gasteiger partial charge in [-0.2, -0.15) is 0 Å². The summed E-state index contributed by atoms with van der Waals surface area (Å²) in [5, 5.41) is 3.14. The SMILES string of the molecule is CNc1cc(-c2ccc(C)cc2C)nc(C2CC2)n1. The predicted octanol–water partition coefficient (Wildman–Crippen LogP) is 3.68. The molecule has 1 aliphatic carbocycles. The first-order valence-electron chi connectivity index (χ1n) is 6.81. The number of nitrogens with one attached hydrogen (secondary N) is 1. The van der Waals surface area contributed by atoms with Gasteiger partial charge >= 0.3 is 0 Å². The van der Waals surface area contributed by atoms with Crippen molar-refractivity contribution in [3.63, 3.8) is 0 Å². The van der Waals surface area contributed by atoms with Crippen LogP contribution in [0.25, 0.3) is 11.3 Å². The Morgan fingerprint density at radius 2 is 1.89 bits per heavy atom. The molecule has 0 atom stereocenters. The fourth-order valence-corrected chi connectivity index (χ4v) is 2.36. The summed E-state index contributed by atoms with van der Waals surface area (Å²) in [6.07, 6.45) is 2.44. The van der Waals surface area contributed by atoms with Crippen molar-refractivity contribution in [2.45, 2.75) is 32.6 Å². The Hall–Kier alpha value is -1.90. The van der Waals surface area contributed by atoms with Crippen LogP contribution in [0.5, 0.6) is 0 Å². The van der Waals surface area contributed by atoms with Gasteiger partial charge in [-0.1, -0.05) is 23.8 Å². The summed E-state index contributed by atoms with van der Waals surface area (Å²) >= 11 is 0. The van der Waals surface area contributed by atoms with Crippen LogP contribution in [0.1, 0.15) is 35.7 Å². The van der Waals surface area contributed by atoms with Gasteiger partial charge in [-0.25, -0.2) is 9.97 Å². The molecule has 3 rings (SSSR count). The molecule has 2 aromatic rings. The number of hydrogen-bond donors (Lipinski definition) is 1. The Bertz CT molecular complexity index is 615. The van der Waals surface area contributed by atoms with Gasteiger partial charge in [-0.3, -0.25) is 0 Å². The van der Waals surface area contributed by atoms with Gasteiger partial charge in [-0.05, 0) is 32.3 Å². The smallest absolute Gasteiger partial charge is 0.134 e. The topological polar surface area (TPSA) is 37.8 Å². The molecule has 1 saturated carbocycles. The van der Waals surface area contributed by atoms with Gasteiger partial charge in [0, 0.05) is 24.6 Å². The molecule has 19 heavy (non-hydrogen) atoms. The molecule has 1 heterocycles. The van der Waals surface area contributed by atoms with Crippen LogP contribution >= 0.6 is 0 Å². The summed E-state index contributed by atoms with van der Waals surface area (Å²) in [5.74, 6) is 2.46. The van der Waals surface area contributed by atoms with Crippen molar-refractivity contribution in [2.75, 3.05) is 12.4 Å². The molecular weight excluding hydrogens is 234 g/mol. The van der Waals surface area contributed by atoms with E-state index in [-0.39, 0.29) is 0 Å². The van der Waals surface area contributed by atoms with Gasteiger partial charge in [0.25, 0.3) is 0 Å². The Kier molecular flexibility index (Phi) is 2.97. The first-order chi connectivity index (χ1) is 9.17. The van der Waals surface area contributed by atoms with Crippen molar-refractivity contribution in [1.82, 2.24) is 9.97 Å². The Morgan fingerprint density at radius 1 is 1.11 bits per heavy atom. The lowest BCUT2D eigenvalue weighted by molar-refractivity contribution is 0.932. The standard InChI is InChI=1S/C16H19N3/c1-10-4-7-13(11(2)8-10)14-9-15(17-3)19-16(18-14)12-5-6-12/h4,7-9,12H,5-6H2,1-3H3,(H,17,18,19). The summed E-state index contributed by atoms with van der Waals surface area (Å²) in [5.41, 5.74) is 4.78. The fourth-order valence-electron chi connectivity index (χ4n) is 2.36. The molecule has 0 spiro atoms. The number of rotatable bonds is 3. The van der Waals surface area contributed by atoms with E-state index in [1.165, 1.54) is 29.5 Å². The molecule has 1 aromatic heterocycles. The molecule has 0 saturated heterocycles. The molecule has 3 heteroatoms. The third-order valence-corrected chi connectivity index (χ3v) is 3.60. The van der Waals surface area contributed by atoms with E-state index in [9.17, 15) is 0 Å². The lowest BCUT2D eigenvalue weighted by Crippen LogP contribution is -2.01. The highest BCUT2D eigenvalue weighted by atomic mass is 15.0. The molecule has 1 aliphatic rings. The van der Waals surface area contributed by atoms with Crippen molar-refractivity contribution in [3.8, 4) is 11.3 Å².